The maximum atomic E-state index is 13.3. The summed E-state index contributed by atoms with van der Waals surface area (Å²) >= 11 is 0. The lowest BCUT2D eigenvalue weighted by Crippen LogP contribution is -2.58. The van der Waals surface area contributed by atoms with Crippen LogP contribution >= 0.6 is 0 Å². The lowest BCUT2D eigenvalue weighted by atomic mass is 10.1. The number of H-pyrrole nitrogens is 1. The quantitative estimate of drug-likeness (QED) is 0.308. The Hall–Kier alpha value is -4.64. The zero-order chi connectivity index (χ0) is 27.1. The third-order valence-corrected chi connectivity index (χ3v) is 6.80. The van der Waals surface area contributed by atoms with Crippen molar-refractivity contribution in [1.29, 1.82) is 0 Å². The molecule has 11 heteroatoms. The zero-order valence-electron chi connectivity index (χ0n) is 21.3. The van der Waals surface area contributed by atoms with Crippen molar-refractivity contribution in [2.45, 2.75) is 12.5 Å². The van der Waals surface area contributed by atoms with Crippen molar-refractivity contribution in [3.8, 4) is 22.5 Å². The highest BCUT2D eigenvalue weighted by atomic mass is 19.3. The van der Waals surface area contributed by atoms with Crippen molar-refractivity contribution < 1.29 is 18.3 Å². The second-order valence-electron chi connectivity index (χ2n) is 9.57. The van der Waals surface area contributed by atoms with E-state index in [-0.39, 0.29) is 0 Å². The molecule has 2 N–H and O–H groups in total. The van der Waals surface area contributed by atoms with Crippen LogP contribution in [-0.4, -0.2) is 61.7 Å². The van der Waals surface area contributed by atoms with Gasteiger partial charge in [-0.05, 0) is 29.8 Å². The molecular weight excluding hydrogens is 504 g/mol. The number of fused-ring (bicyclic) bond motifs is 1. The largest absolute Gasteiger partial charge is 0.380 e. The number of carbonyl (C=O) groups is 1. The summed E-state index contributed by atoms with van der Waals surface area (Å²) in [6.07, 6.45) is 5.33. The number of carbonyl (C=O) groups excluding carboxylic acids is 1. The molecule has 0 aliphatic carbocycles. The van der Waals surface area contributed by atoms with Gasteiger partial charge in [0.05, 0.1) is 25.9 Å². The summed E-state index contributed by atoms with van der Waals surface area (Å²) in [7, 11) is 3.36. The minimum atomic E-state index is -2.81. The predicted octanol–water partition coefficient (Wildman–Crippen LogP) is 5.01. The van der Waals surface area contributed by atoms with Crippen molar-refractivity contribution >= 4 is 28.3 Å². The van der Waals surface area contributed by atoms with Gasteiger partial charge in [-0.2, -0.15) is 5.10 Å². The highest BCUT2D eigenvalue weighted by Crippen LogP contribution is 2.31. The normalized spacial score (nSPS) is 14.4. The van der Waals surface area contributed by atoms with E-state index < -0.39 is 24.9 Å². The SMILES string of the molecule is COCc1cnc(-c2ccc3cc(C(=O)N4CC(F)(F)C4)n(C)c3c2)nc1Nc1ccc(-c2cn[nH]c2)cc1. The summed E-state index contributed by atoms with van der Waals surface area (Å²) in [6, 6.07) is 15.3. The van der Waals surface area contributed by atoms with E-state index in [4.69, 9.17) is 9.72 Å². The number of alkyl halides is 2. The van der Waals surface area contributed by atoms with Gasteiger partial charge in [0.2, 0.25) is 0 Å². The zero-order valence-corrected chi connectivity index (χ0v) is 21.3. The molecule has 0 saturated carbocycles. The molecule has 0 bridgehead atoms. The van der Waals surface area contributed by atoms with Crippen LogP contribution in [0.15, 0.2) is 67.1 Å². The van der Waals surface area contributed by atoms with Gasteiger partial charge in [0.15, 0.2) is 5.82 Å². The van der Waals surface area contributed by atoms with Crippen LogP contribution in [0, 0.1) is 0 Å². The molecule has 1 fully saturated rings. The van der Waals surface area contributed by atoms with Crippen LogP contribution in [0.1, 0.15) is 16.1 Å². The Labute approximate surface area is 222 Å². The van der Waals surface area contributed by atoms with Crippen LogP contribution in [0.3, 0.4) is 0 Å². The van der Waals surface area contributed by atoms with Gasteiger partial charge in [-0.1, -0.05) is 24.3 Å². The molecule has 2 aromatic carbocycles. The van der Waals surface area contributed by atoms with Crippen molar-refractivity contribution in [1.82, 2.24) is 29.6 Å². The minimum Gasteiger partial charge on any atom is -0.380 e. The van der Waals surface area contributed by atoms with E-state index in [2.05, 4.69) is 20.5 Å². The maximum absolute atomic E-state index is 13.3. The standard InChI is InChI=1S/C28H25F2N7O2/c1-36-23-10-19(4-3-18(23)9-24(36)27(38)37-15-28(29,30)16-37)25-31-11-21(14-39-2)26(35-25)34-22-7-5-17(6-8-22)20-12-32-33-13-20/h3-13H,14-16H2,1-2H3,(H,32,33)(H,31,34,35). The number of hydrogen-bond acceptors (Lipinski definition) is 6. The lowest BCUT2D eigenvalue weighted by molar-refractivity contribution is -0.113. The minimum absolute atomic E-state index is 0.327. The van der Waals surface area contributed by atoms with Crippen LogP contribution in [0.5, 0.6) is 0 Å². The Morgan fingerprint density at radius 3 is 2.54 bits per heavy atom. The molecule has 1 aliphatic heterocycles. The fourth-order valence-corrected chi connectivity index (χ4v) is 4.70. The number of amides is 1. The van der Waals surface area contributed by atoms with Crippen molar-refractivity contribution in [3.05, 3.63) is 78.4 Å². The van der Waals surface area contributed by atoms with E-state index in [0.29, 0.717) is 23.9 Å². The molecule has 9 nitrogen and oxygen atoms in total. The van der Waals surface area contributed by atoms with E-state index in [1.54, 1.807) is 37.2 Å². The van der Waals surface area contributed by atoms with Crippen LogP contribution in [0.2, 0.25) is 0 Å². The van der Waals surface area contributed by atoms with Gasteiger partial charge in [-0.3, -0.25) is 9.89 Å². The number of hydrogen-bond donors (Lipinski definition) is 2. The predicted molar refractivity (Wildman–Crippen MR) is 143 cm³/mol. The molecule has 198 valence electrons. The third-order valence-electron chi connectivity index (χ3n) is 6.80. The molecule has 4 heterocycles. The Kier molecular flexibility index (Phi) is 6.07. The summed E-state index contributed by atoms with van der Waals surface area (Å²) in [4.78, 5) is 23.3. The van der Waals surface area contributed by atoms with Gasteiger partial charge in [0, 0.05) is 59.8 Å². The van der Waals surface area contributed by atoms with Crippen LogP contribution in [-0.2, 0) is 18.4 Å². The van der Waals surface area contributed by atoms with Gasteiger partial charge in [0.25, 0.3) is 11.8 Å². The van der Waals surface area contributed by atoms with Gasteiger partial charge in [-0.15, -0.1) is 0 Å². The first kappa shape index (κ1) is 24.7. The van der Waals surface area contributed by atoms with Gasteiger partial charge >= 0.3 is 0 Å². The number of aryl methyl sites for hydroxylation is 1. The Morgan fingerprint density at radius 1 is 1.08 bits per heavy atom. The highest BCUT2D eigenvalue weighted by molar-refractivity contribution is 6.00. The smallest absolute Gasteiger partial charge is 0.282 e. The summed E-state index contributed by atoms with van der Waals surface area (Å²) in [6.45, 7) is -0.780. The number of aromatic nitrogens is 5. The second-order valence-corrected chi connectivity index (χ2v) is 9.57. The second kappa shape index (κ2) is 9.59. The number of anilines is 2. The number of aromatic amines is 1. The number of benzene rings is 2. The van der Waals surface area contributed by atoms with E-state index in [0.717, 1.165) is 43.7 Å². The molecule has 0 atom stereocenters. The highest BCUT2D eigenvalue weighted by Gasteiger charge is 2.46. The molecule has 3 aromatic heterocycles. The first-order valence-electron chi connectivity index (χ1n) is 12.3. The average Bonchev–Trinajstić information content (AvgIpc) is 3.57. The molecule has 5 aromatic rings. The molecule has 6 rings (SSSR count). The van der Waals surface area contributed by atoms with E-state index >= 15 is 0 Å². The lowest BCUT2D eigenvalue weighted by Gasteiger charge is -2.38. The molecular formula is C28H25F2N7O2. The first-order valence-corrected chi connectivity index (χ1v) is 12.3. The van der Waals surface area contributed by atoms with Crippen molar-refractivity contribution in [2.75, 3.05) is 25.5 Å². The number of rotatable bonds is 7. The fraction of sp³-hybridized carbons (Fsp3) is 0.214. The Morgan fingerprint density at radius 2 is 1.85 bits per heavy atom. The third kappa shape index (κ3) is 4.72. The van der Waals surface area contributed by atoms with Gasteiger partial charge < -0.3 is 19.5 Å². The molecule has 1 amide bonds. The number of nitrogens with zero attached hydrogens (tertiary/aromatic N) is 5. The fourth-order valence-electron chi connectivity index (χ4n) is 4.70. The monoisotopic (exact) mass is 529 g/mol. The number of ether oxygens (including phenoxy) is 1. The first-order chi connectivity index (χ1) is 18.8. The average molecular weight is 530 g/mol. The van der Waals surface area contributed by atoms with Crippen LogP contribution in [0.4, 0.5) is 20.3 Å². The van der Waals surface area contributed by atoms with Crippen molar-refractivity contribution in [2.24, 2.45) is 7.05 Å². The molecule has 0 radical (unpaired) electrons. The summed E-state index contributed by atoms with van der Waals surface area (Å²) in [5.74, 6) is -2.12. The number of methoxy groups -OCH3 is 1. The summed E-state index contributed by atoms with van der Waals surface area (Å²) in [5, 5.41) is 11.0. The Bertz CT molecular complexity index is 1660. The van der Waals surface area contributed by atoms with E-state index in [1.165, 1.54) is 0 Å². The van der Waals surface area contributed by atoms with Gasteiger partial charge in [0.1, 0.15) is 11.5 Å². The number of nitrogens with one attached hydrogen (secondary N) is 2. The summed E-state index contributed by atoms with van der Waals surface area (Å²) < 4.78 is 33.7. The van der Waals surface area contributed by atoms with E-state index in [1.807, 2.05) is 48.7 Å². The molecule has 0 spiro atoms. The topological polar surface area (TPSA) is 101 Å². The molecule has 1 aliphatic rings. The number of halogens is 2. The summed E-state index contributed by atoms with van der Waals surface area (Å²) in [5.41, 5.74) is 5.55. The molecule has 0 unspecified atom stereocenters. The van der Waals surface area contributed by atoms with Crippen LogP contribution < -0.4 is 5.32 Å². The number of likely N-dealkylation sites (tertiary alicyclic amines) is 1. The molecule has 1 saturated heterocycles. The molecule has 39 heavy (non-hydrogen) atoms. The van der Waals surface area contributed by atoms with E-state index in [9.17, 15) is 13.6 Å². The van der Waals surface area contributed by atoms with Crippen LogP contribution in [0.25, 0.3) is 33.4 Å². The maximum Gasteiger partial charge on any atom is 0.282 e. The van der Waals surface area contributed by atoms with Gasteiger partial charge in [-0.25, -0.2) is 18.7 Å². The Balaban J connectivity index is 1.29. The van der Waals surface area contributed by atoms with Crippen molar-refractivity contribution in [3.63, 3.8) is 0 Å².